The SMILES string of the molecule is COC(=O)/C=C(/Nc1ccccc1I)C(F)(F)F. The monoisotopic (exact) mass is 371 g/mol. The Bertz CT molecular complexity index is 472. The van der Waals surface area contributed by atoms with Gasteiger partial charge in [-0.05, 0) is 34.7 Å². The van der Waals surface area contributed by atoms with Crippen LogP contribution < -0.4 is 5.32 Å². The smallest absolute Gasteiger partial charge is 0.431 e. The van der Waals surface area contributed by atoms with E-state index >= 15 is 0 Å². The number of esters is 1. The molecule has 0 aromatic heterocycles. The molecule has 18 heavy (non-hydrogen) atoms. The largest absolute Gasteiger partial charge is 0.466 e. The Hall–Kier alpha value is -1.25. The third-order valence-electron chi connectivity index (χ3n) is 1.91. The highest BCUT2D eigenvalue weighted by Crippen LogP contribution is 2.28. The standard InChI is InChI=1S/C11H9F3INO2/c1-18-10(17)6-9(11(12,13)14)16-8-5-3-2-4-7(8)15/h2-6,16H,1H3/b9-6+. The number of ether oxygens (including phenoxy) is 1. The second-order valence-corrected chi connectivity index (χ2v) is 4.35. The maximum Gasteiger partial charge on any atom is 0.431 e. The van der Waals surface area contributed by atoms with Crippen LogP contribution in [0.1, 0.15) is 0 Å². The molecule has 0 saturated heterocycles. The second-order valence-electron chi connectivity index (χ2n) is 3.18. The van der Waals surface area contributed by atoms with Gasteiger partial charge in [0.1, 0.15) is 5.70 Å². The number of alkyl halides is 3. The molecule has 0 aliphatic carbocycles. The summed E-state index contributed by atoms with van der Waals surface area (Å²) in [7, 11) is 1.01. The van der Waals surface area contributed by atoms with Gasteiger partial charge in [-0.15, -0.1) is 0 Å². The van der Waals surface area contributed by atoms with Gasteiger partial charge in [0, 0.05) is 3.57 Å². The first kappa shape index (κ1) is 14.8. The van der Waals surface area contributed by atoms with Crippen molar-refractivity contribution in [2.75, 3.05) is 12.4 Å². The van der Waals surface area contributed by atoms with E-state index in [1.807, 2.05) is 22.6 Å². The summed E-state index contributed by atoms with van der Waals surface area (Å²) in [5, 5.41) is 2.18. The minimum absolute atomic E-state index is 0.269. The molecule has 0 radical (unpaired) electrons. The number of nitrogens with one attached hydrogen (secondary N) is 1. The van der Waals surface area contributed by atoms with E-state index in [1.54, 1.807) is 18.2 Å². The van der Waals surface area contributed by atoms with Crippen molar-refractivity contribution in [1.82, 2.24) is 0 Å². The predicted octanol–water partition coefficient (Wildman–Crippen LogP) is 3.32. The zero-order valence-electron chi connectivity index (χ0n) is 9.22. The lowest BCUT2D eigenvalue weighted by molar-refractivity contribution is -0.135. The summed E-state index contributed by atoms with van der Waals surface area (Å²) in [5.74, 6) is -1.07. The molecule has 0 unspecified atom stereocenters. The molecule has 0 amide bonds. The van der Waals surface area contributed by atoms with Crippen molar-refractivity contribution in [2.24, 2.45) is 0 Å². The highest BCUT2D eigenvalue weighted by atomic mass is 127. The van der Waals surface area contributed by atoms with Crippen LogP contribution in [0.3, 0.4) is 0 Å². The minimum atomic E-state index is -4.66. The average molecular weight is 371 g/mol. The number of carbonyl (C=O) groups is 1. The third-order valence-corrected chi connectivity index (χ3v) is 2.85. The van der Waals surface area contributed by atoms with Crippen LogP contribution in [0.5, 0.6) is 0 Å². The number of rotatable bonds is 3. The minimum Gasteiger partial charge on any atom is -0.466 e. The molecule has 0 aliphatic rings. The lowest BCUT2D eigenvalue weighted by atomic mass is 10.3. The number of allylic oxidation sites excluding steroid dienone is 1. The van der Waals surface area contributed by atoms with Gasteiger partial charge in [-0.3, -0.25) is 0 Å². The molecule has 1 aromatic rings. The van der Waals surface area contributed by atoms with Crippen LogP contribution in [0.25, 0.3) is 0 Å². The maximum absolute atomic E-state index is 12.7. The van der Waals surface area contributed by atoms with Gasteiger partial charge in [-0.1, -0.05) is 12.1 Å². The second kappa shape index (κ2) is 6.07. The predicted molar refractivity (Wildman–Crippen MR) is 68.9 cm³/mol. The summed E-state index contributed by atoms with van der Waals surface area (Å²) in [4.78, 5) is 10.9. The molecule has 0 spiro atoms. The lowest BCUT2D eigenvalue weighted by Gasteiger charge is -2.14. The van der Waals surface area contributed by atoms with Crippen molar-refractivity contribution >= 4 is 34.2 Å². The van der Waals surface area contributed by atoms with Gasteiger partial charge in [0.2, 0.25) is 0 Å². The van der Waals surface area contributed by atoms with E-state index < -0.39 is 17.8 Å². The van der Waals surface area contributed by atoms with Crippen LogP contribution in [0, 0.1) is 3.57 Å². The first-order valence-corrected chi connectivity index (χ1v) is 5.81. The molecule has 0 bridgehead atoms. The summed E-state index contributed by atoms with van der Waals surface area (Å²) in [6.45, 7) is 0. The molecule has 0 fully saturated rings. The Morgan fingerprint density at radius 1 is 1.39 bits per heavy atom. The van der Waals surface area contributed by atoms with Crippen molar-refractivity contribution in [1.29, 1.82) is 0 Å². The summed E-state index contributed by atoms with van der Waals surface area (Å²) >= 11 is 1.89. The van der Waals surface area contributed by atoms with E-state index in [2.05, 4.69) is 10.1 Å². The number of anilines is 1. The molecule has 0 heterocycles. The van der Waals surface area contributed by atoms with Gasteiger partial charge < -0.3 is 10.1 Å². The van der Waals surface area contributed by atoms with Crippen LogP contribution in [0.15, 0.2) is 36.0 Å². The number of hydrogen-bond donors (Lipinski definition) is 1. The van der Waals surface area contributed by atoms with E-state index in [1.165, 1.54) is 6.07 Å². The topological polar surface area (TPSA) is 38.3 Å². The van der Waals surface area contributed by atoms with Gasteiger partial charge in [-0.2, -0.15) is 13.2 Å². The summed E-state index contributed by atoms with van der Waals surface area (Å²) < 4.78 is 42.9. The fraction of sp³-hybridized carbons (Fsp3) is 0.182. The fourth-order valence-electron chi connectivity index (χ4n) is 1.07. The van der Waals surface area contributed by atoms with Gasteiger partial charge in [0.15, 0.2) is 0 Å². The maximum atomic E-state index is 12.7. The normalized spacial score (nSPS) is 12.2. The van der Waals surface area contributed by atoms with Gasteiger partial charge in [0.05, 0.1) is 18.9 Å². The molecule has 1 rings (SSSR count). The molecule has 1 N–H and O–H groups in total. The molecule has 0 saturated carbocycles. The molecule has 98 valence electrons. The van der Waals surface area contributed by atoms with E-state index in [0.717, 1.165) is 7.11 Å². The quantitative estimate of drug-likeness (QED) is 0.504. The zero-order chi connectivity index (χ0) is 13.8. The number of benzene rings is 1. The Morgan fingerprint density at radius 3 is 2.50 bits per heavy atom. The van der Waals surface area contributed by atoms with E-state index in [9.17, 15) is 18.0 Å². The molecular weight excluding hydrogens is 362 g/mol. The zero-order valence-corrected chi connectivity index (χ0v) is 11.4. The van der Waals surface area contributed by atoms with Gasteiger partial charge in [-0.25, -0.2) is 4.79 Å². The van der Waals surface area contributed by atoms with E-state index in [0.29, 0.717) is 9.65 Å². The van der Waals surface area contributed by atoms with E-state index in [-0.39, 0.29) is 5.69 Å². The summed E-state index contributed by atoms with van der Waals surface area (Å²) in [5.41, 5.74) is -0.899. The number of carbonyl (C=O) groups excluding carboxylic acids is 1. The Balaban J connectivity index is 3.04. The molecule has 7 heteroatoms. The summed E-state index contributed by atoms with van der Waals surface area (Å²) in [6.07, 6.45) is -4.28. The Morgan fingerprint density at radius 2 is 2.00 bits per heavy atom. The lowest BCUT2D eigenvalue weighted by Crippen LogP contribution is -2.21. The first-order valence-electron chi connectivity index (χ1n) is 4.73. The number of para-hydroxylation sites is 1. The van der Waals surface area contributed by atoms with Crippen molar-refractivity contribution in [3.63, 3.8) is 0 Å². The van der Waals surface area contributed by atoms with Crippen LogP contribution in [-0.2, 0) is 9.53 Å². The number of methoxy groups -OCH3 is 1. The Kier molecular flexibility index (Phi) is 5.00. The highest BCUT2D eigenvalue weighted by molar-refractivity contribution is 14.1. The molecule has 3 nitrogen and oxygen atoms in total. The van der Waals surface area contributed by atoms with Crippen molar-refractivity contribution in [3.05, 3.63) is 39.6 Å². The van der Waals surface area contributed by atoms with Crippen LogP contribution >= 0.6 is 22.6 Å². The number of halogens is 4. The van der Waals surface area contributed by atoms with Crippen molar-refractivity contribution in [2.45, 2.75) is 6.18 Å². The van der Waals surface area contributed by atoms with Crippen LogP contribution in [0.2, 0.25) is 0 Å². The molecule has 1 aromatic carbocycles. The van der Waals surface area contributed by atoms with Crippen LogP contribution in [0.4, 0.5) is 18.9 Å². The van der Waals surface area contributed by atoms with Gasteiger partial charge >= 0.3 is 12.1 Å². The molecular formula is C11H9F3INO2. The van der Waals surface area contributed by atoms with Gasteiger partial charge in [0.25, 0.3) is 0 Å². The van der Waals surface area contributed by atoms with Crippen LogP contribution in [-0.4, -0.2) is 19.3 Å². The third kappa shape index (κ3) is 4.21. The molecule has 0 aliphatic heterocycles. The number of hydrogen-bond acceptors (Lipinski definition) is 3. The van der Waals surface area contributed by atoms with E-state index in [4.69, 9.17) is 0 Å². The average Bonchev–Trinajstić information content (AvgIpc) is 2.29. The fourth-order valence-corrected chi connectivity index (χ4v) is 1.60. The summed E-state index contributed by atoms with van der Waals surface area (Å²) in [6, 6.07) is 6.43. The Labute approximate surface area is 115 Å². The van der Waals surface area contributed by atoms with Crippen molar-refractivity contribution < 1.29 is 22.7 Å². The van der Waals surface area contributed by atoms with Crippen molar-refractivity contribution in [3.8, 4) is 0 Å². The highest BCUT2D eigenvalue weighted by Gasteiger charge is 2.35. The molecule has 0 atom stereocenters. The first-order chi connectivity index (χ1) is 8.34.